The fourth-order valence-corrected chi connectivity index (χ4v) is 1.66. The Morgan fingerprint density at radius 1 is 1.26 bits per heavy atom. The number of hydrogen-bond donors (Lipinski definition) is 0. The van der Waals surface area contributed by atoms with Crippen molar-refractivity contribution in [2.75, 3.05) is 11.9 Å². The molecule has 0 aromatic heterocycles. The van der Waals surface area contributed by atoms with E-state index in [4.69, 9.17) is 5.26 Å². The van der Waals surface area contributed by atoms with Gasteiger partial charge < -0.3 is 4.90 Å². The molecule has 0 aliphatic carbocycles. The van der Waals surface area contributed by atoms with E-state index in [0.29, 0.717) is 5.69 Å². The summed E-state index contributed by atoms with van der Waals surface area (Å²) >= 11 is 0. The van der Waals surface area contributed by atoms with Gasteiger partial charge >= 0.3 is 6.18 Å². The summed E-state index contributed by atoms with van der Waals surface area (Å²) in [5.74, 6) is 0. The smallest absolute Gasteiger partial charge is 0.368 e. The van der Waals surface area contributed by atoms with Gasteiger partial charge in [-0.3, -0.25) is 0 Å². The first-order valence-corrected chi connectivity index (χ1v) is 5.98. The molecule has 0 radical (unpaired) electrons. The lowest BCUT2D eigenvalue weighted by Gasteiger charge is -2.37. The van der Waals surface area contributed by atoms with Crippen LogP contribution in [0, 0.1) is 11.3 Å². The Balaban J connectivity index is 3.29. The van der Waals surface area contributed by atoms with Crippen LogP contribution in [0.25, 0.3) is 0 Å². The van der Waals surface area contributed by atoms with Crippen molar-refractivity contribution in [2.24, 2.45) is 0 Å². The Morgan fingerprint density at radius 3 is 2.26 bits per heavy atom. The van der Waals surface area contributed by atoms with Crippen LogP contribution in [0.4, 0.5) is 18.9 Å². The summed E-state index contributed by atoms with van der Waals surface area (Å²) in [6.07, 6.45) is -3.61. The van der Waals surface area contributed by atoms with Gasteiger partial charge in [0, 0.05) is 12.6 Å². The first-order chi connectivity index (χ1) is 8.63. The van der Waals surface area contributed by atoms with E-state index in [-0.39, 0.29) is 11.1 Å². The van der Waals surface area contributed by atoms with Crippen molar-refractivity contribution in [1.82, 2.24) is 0 Å². The number of benzene rings is 1. The maximum Gasteiger partial charge on any atom is 0.416 e. The summed E-state index contributed by atoms with van der Waals surface area (Å²) in [4.78, 5) is 1.84. The van der Waals surface area contributed by atoms with Crippen molar-refractivity contribution in [3.05, 3.63) is 29.3 Å². The minimum Gasteiger partial charge on any atom is -0.368 e. The number of nitrogens with zero attached hydrogens (tertiary/aromatic N) is 2. The Bertz CT molecular complexity index is 498. The van der Waals surface area contributed by atoms with Gasteiger partial charge in [-0.1, -0.05) is 6.92 Å². The second kappa shape index (κ2) is 5.12. The van der Waals surface area contributed by atoms with Crippen LogP contribution in [-0.4, -0.2) is 12.6 Å². The van der Waals surface area contributed by atoms with Gasteiger partial charge in [0.15, 0.2) is 0 Å². The van der Waals surface area contributed by atoms with E-state index in [1.807, 2.05) is 31.7 Å². The molecule has 1 aromatic rings. The zero-order valence-corrected chi connectivity index (χ0v) is 11.5. The van der Waals surface area contributed by atoms with Crippen LogP contribution >= 0.6 is 0 Å². The molecule has 0 aliphatic heterocycles. The van der Waals surface area contributed by atoms with E-state index in [1.54, 1.807) is 7.05 Å². The molecule has 0 heterocycles. The van der Waals surface area contributed by atoms with Crippen LogP contribution in [0.5, 0.6) is 0 Å². The number of alkyl halides is 3. The lowest BCUT2D eigenvalue weighted by atomic mass is 9.97. The van der Waals surface area contributed by atoms with Gasteiger partial charge in [0.2, 0.25) is 0 Å². The lowest BCUT2D eigenvalue weighted by Crippen LogP contribution is -2.41. The van der Waals surface area contributed by atoms with Gasteiger partial charge in [0.25, 0.3) is 0 Å². The topological polar surface area (TPSA) is 27.0 Å². The van der Waals surface area contributed by atoms with Crippen molar-refractivity contribution in [2.45, 2.75) is 38.9 Å². The van der Waals surface area contributed by atoms with Gasteiger partial charge in [0.1, 0.15) is 6.07 Å². The molecule has 5 heteroatoms. The lowest BCUT2D eigenvalue weighted by molar-refractivity contribution is -0.137. The molecule has 0 saturated carbocycles. The maximum absolute atomic E-state index is 12.6. The van der Waals surface area contributed by atoms with E-state index >= 15 is 0 Å². The predicted octanol–water partition coefficient (Wildman–Crippen LogP) is 4.20. The van der Waals surface area contributed by atoms with Crippen LogP contribution in [0.1, 0.15) is 38.3 Å². The zero-order valence-electron chi connectivity index (χ0n) is 11.5. The summed E-state index contributed by atoms with van der Waals surface area (Å²) < 4.78 is 37.8. The van der Waals surface area contributed by atoms with E-state index in [2.05, 4.69) is 0 Å². The van der Waals surface area contributed by atoms with Crippen molar-refractivity contribution in [1.29, 1.82) is 5.26 Å². The monoisotopic (exact) mass is 270 g/mol. The molecule has 0 unspecified atom stereocenters. The minimum absolute atomic E-state index is 0.0406. The zero-order chi connectivity index (χ0) is 14.8. The van der Waals surface area contributed by atoms with E-state index in [1.165, 1.54) is 6.07 Å². The van der Waals surface area contributed by atoms with Gasteiger partial charge in [-0.25, -0.2) is 0 Å². The van der Waals surface area contributed by atoms with Gasteiger partial charge in [-0.15, -0.1) is 0 Å². The van der Waals surface area contributed by atoms with Crippen LogP contribution in [0.3, 0.4) is 0 Å². The van der Waals surface area contributed by atoms with Gasteiger partial charge in [-0.2, -0.15) is 18.4 Å². The second-order valence-electron chi connectivity index (χ2n) is 5.07. The molecule has 104 valence electrons. The van der Waals surface area contributed by atoms with Crippen molar-refractivity contribution >= 4 is 5.69 Å². The fraction of sp³-hybridized carbons (Fsp3) is 0.500. The maximum atomic E-state index is 12.6. The highest BCUT2D eigenvalue weighted by molar-refractivity contribution is 5.61. The summed E-state index contributed by atoms with van der Waals surface area (Å²) in [7, 11) is 1.78. The Hall–Kier alpha value is -1.70. The third kappa shape index (κ3) is 3.19. The number of halogens is 3. The molecule has 0 saturated heterocycles. The normalized spacial score (nSPS) is 12.1. The van der Waals surface area contributed by atoms with Crippen LogP contribution < -0.4 is 4.90 Å². The summed E-state index contributed by atoms with van der Waals surface area (Å²) in [5, 5.41) is 9.05. The number of rotatable bonds is 3. The Morgan fingerprint density at radius 2 is 1.84 bits per heavy atom. The molecule has 0 atom stereocenters. The molecule has 0 fully saturated rings. The Labute approximate surface area is 111 Å². The Kier molecular flexibility index (Phi) is 4.14. The standard InChI is InChI=1S/C14H17F3N2/c1-5-13(2,3)19(4)12-7-6-11(14(15,16)17)8-10(12)9-18/h6-8H,5H2,1-4H3. The molecule has 1 aromatic carbocycles. The third-order valence-electron chi connectivity index (χ3n) is 3.58. The highest BCUT2D eigenvalue weighted by atomic mass is 19.4. The van der Waals surface area contributed by atoms with Gasteiger partial charge in [0.05, 0.1) is 16.8 Å². The fourth-order valence-electron chi connectivity index (χ4n) is 1.66. The van der Waals surface area contributed by atoms with E-state index in [9.17, 15) is 13.2 Å². The summed E-state index contributed by atoms with van der Waals surface area (Å²) in [5.41, 5.74) is -0.470. The average molecular weight is 270 g/mol. The highest BCUT2D eigenvalue weighted by Gasteiger charge is 2.32. The molecule has 2 nitrogen and oxygen atoms in total. The molecule has 0 aliphatic rings. The van der Waals surface area contributed by atoms with E-state index in [0.717, 1.165) is 18.6 Å². The van der Waals surface area contributed by atoms with Crippen molar-refractivity contribution in [3.8, 4) is 6.07 Å². The van der Waals surface area contributed by atoms with Gasteiger partial charge in [-0.05, 0) is 38.5 Å². The second-order valence-corrected chi connectivity index (χ2v) is 5.07. The number of nitriles is 1. The molecule has 19 heavy (non-hydrogen) atoms. The molecular weight excluding hydrogens is 253 g/mol. The van der Waals surface area contributed by atoms with Crippen LogP contribution in [0.15, 0.2) is 18.2 Å². The summed E-state index contributed by atoms with van der Waals surface area (Å²) in [6, 6.07) is 5.12. The molecule has 0 N–H and O–H groups in total. The first-order valence-electron chi connectivity index (χ1n) is 5.98. The minimum atomic E-state index is -4.43. The molecule has 0 spiro atoms. The van der Waals surface area contributed by atoms with Crippen molar-refractivity contribution in [3.63, 3.8) is 0 Å². The average Bonchev–Trinajstić information content (AvgIpc) is 2.35. The molecular formula is C14H17F3N2. The highest BCUT2D eigenvalue weighted by Crippen LogP contribution is 2.34. The van der Waals surface area contributed by atoms with Crippen LogP contribution in [-0.2, 0) is 6.18 Å². The van der Waals surface area contributed by atoms with E-state index < -0.39 is 11.7 Å². The largest absolute Gasteiger partial charge is 0.416 e. The quantitative estimate of drug-likeness (QED) is 0.823. The molecule has 1 rings (SSSR count). The summed E-state index contributed by atoms with van der Waals surface area (Å²) in [6.45, 7) is 5.95. The molecule has 0 amide bonds. The number of hydrogen-bond acceptors (Lipinski definition) is 2. The molecule has 0 bridgehead atoms. The SMILES string of the molecule is CCC(C)(C)N(C)c1ccc(C(F)(F)F)cc1C#N. The first kappa shape index (κ1) is 15.4. The van der Waals surface area contributed by atoms with Crippen molar-refractivity contribution < 1.29 is 13.2 Å². The third-order valence-corrected chi connectivity index (χ3v) is 3.58. The van der Waals surface area contributed by atoms with Crippen LogP contribution in [0.2, 0.25) is 0 Å². The predicted molar refractivity (Wildman–Crippen MR) is 68.9 cm³/mol. The number of anilines is 1.